The van der Waals surface area contributed by atoms with Crippen molar-refractivity contribution in [1.29, 1.82) is 0 Å². The van der Waals surface area contributed by atoms with Crippen LogP contribution in [-0.2, 0) is 9.53 Å². The summed E-state index contributed by atoms with van der Waals surface area (Å²) in [5.74, 6) is -0.635. The van der Waals surface area contributed by atoms with Crippen molar-refractivity contribution in [2.24, 2.45) is 0 Å². The van der Waals surface area contributed by atoms with Gasteiger partial charge in [0.1, 0.15) is 17.2 Å². The maximum Gasteiger partial charge on any atom is 0.387 e. The fraction of sp³-hybridized carbons (Fsp3) is 0.238. The highest BCUT2D eigenvalue weighted by Gasteiger charge is 2.17. The number of aryl methyl sites for hydroxylation is 1. The van der Waals surface area contributed by atoms with Crippen LogP contribution in [0.15, 0.2) is 42.5 Å². The first-order valence-corrected chi connectivity index (χ1v) is 8.49. The Labute approximate surface area is 166 Å². The van der Waals surface area contributed by atoms with Crippen molar-refractivity contribution < 1.29 is 37.3 Å². The molecule has 0 atom stereocenters. The molecule has 0 unspecified atom stereocenters. The third-order valence-electron chi connectivity index (χ3n) is 3.84. The predicted molar refractivity (Wildman–Crippen MR) is 102 cm³/mol. The van der Waals surface area contributed by atoms with Crippen molar-refractivity contribution >= 4 is 17.8 Å². The first-order valence-electron chi connectivity index (χ1n) is 8.49. The molecule has 0 amide bonds. The van der Waals surface area contributed by atoms with Crippen LogP contribution in [0.4, 0.5) is 8.78 Å². The molecule has 0 radical (unpaired) electrons. The molecule has 0 aliphatic carbocycles. The number of hydrogen-bond acceptors (Lipinski definition) is 6. The Morgan fingerprint density at radius 1 is 1.03 bits per heavy atom. The molecule has 0 fully saturated rings. The molecular weight excluding hydrogens is 386 g/mol. The summed E-state index contributed by atoms with van der Waals surface area (Å²) in [5.41, 5.74) is 1.19. The number of esters is 1. The Bertz CT molecular complexity index is 908. The van der Waals surface area contributed by atoms with E-state index in [1.807, 2.05) is 0 Å². The Balaban J connectivity index is 2.03. The van der Waals surface area contributed by atoms with E-state index in [1.54, 1.807) is 25.1 Å². The van der Waals surface area contributed by atoms with Crippen LogP contribution in [0.1, 0.15) is 21.5 Å². The van der Waals surface area contributed by atoms with Crippen LogP contribution in [0.5, 0.6) is 17.2 Å². The summed E-state index contributed by atoms with van der Waals surface area (Å²) >= 11 is 0. The van der Waals surface area contributed by atoms with Gasteiger partial charge in [-0.2, -0.15) is 8.78 Å². The van der Waals surface area contributed by atoms with E-state index in [4.69, 9.17) is 14.2 Å². The van der Waals surface area contributed by atoms with E-state index < -0.39 is 25.0 Å². The molecule has 2 rings (SSSR count). The number of rotatable bonds is 9. The van der Waals surface area contributed by atoms with Gasteiger partial charge < -0.3 is 18.9 Å². The average Bonchev–Trinajstić information content (AvgIpc) is 2.71. The topological polar surface area (TPSA) is 71.1 Å². The van der Waals surface area contributed by atoms with Gasteiger partial charge in [0.2, 0.25) is 5.78 Å². The van der Waals surface area contributed by atoms with Crippen LogP contribution in [-0.4, -0.2) is 39.2 Å². The van der Waals surface area contributed by atoms with Gasteiger partial charge in [0.15, 0.2) is 6.61 Å². The van der Waals surface area contributed by atoms with E-state index in [9.17, 15) is 18.4 Å². The molecule has 8 heteroatoms. The molecule has 29 heavy (non-hydrogen) atoms. The molecule has 0 aliphatic heterocycles. The van der Waals surface area contributed by atoms with Crippen LogP contribution >= 0.6 is 0 Å². The number of hydrogen-bond donors (Lipinski definition) is 0. The van der Waals surface area contributed by atoms with Gasteiger partial charge in [-0.05, 0) is 37.3 Å². The minimum atomic E-state index is -3.07. The van der Waals surface area contributed by atoms with Gasteiger partial charge in [-0.15, -0.1) is 0 Å². The second-order valence-electron chi connectivity index (χ2n) is 5.85. The lowest BCUT2D eigenvalue weighted by Gasteiger charge is -2.11. The summed E-state index contributed by atoms with van der Waals surface area (Å²) in [4.78, 5) is 24.2. The highest BCUT2D eigenvalue weighted by atomic mass is 19.3. The number of methoxy groups -OCH3 is 2. The van der Waals surface area contributed by atoms with Crippen molar-refractivity contribution in [3.63, 3.8) is 0 Å². The van der Waals surface area contributed by atoms with Gasteiger partial charge >= 0.3 is 12.6 Å². The van der Waals surface area contributed by atoms with Crippen molar-refractivity contribution in [1.82, 2.24) is 0 Å². The van der Waals surface area contributed by atoms with E-state index in [0.717, 1.165) is 6.08 Å². The van der Waals surface area contributed by atoms with Crippen LogP contribution in [0, 0.1) is 6.92 Å². The maximum absolute atomic E-state index is 12.5. The fourth-order valence-electron chi connectivity index (χ4n) is 2.44. The summed E-state index contributed by atoms with van der Waals surface area (Å²) in [5, 5.41) is 0. The largest absolute Gasteiger partial charge is 0.497 e. The summed E-state index contributed by atoms with van der Waals surface area (Å²) in [6, 6.07) is 9.23. The van der Waals surface area contributed by atoms with Crippen LogP contribution < -0.4 is 14.2 Å². The average molecular weight is 406 g/mol. The van der Waals surface area contributed by atoms with Crippen molar-refractivity contribution in [2.45, 2.75) is 13.5 Å². The Morgan fingerprint density at radius 3 is 2.45 bits per heavy atom. The predicted octanol–water partition coefficient (Wildman–Crippen LogP) is 4.05. The van der Waals surface area contributed by atoms with E-state index in [1.165, 1.54) is 38.5 Å². The molecule has 0 saturated heterocycles. The number of benzene rings is 2. The second-order valence-corrected chi connectivity index (χ2v) is 5.85. The maximum atomic E-state index is 12.5. The molecule has 2 aromatic carbocycles. The molecule has 154 valence electrons. The smallest absolute Gasteiger partial charge is 0.387 e. The van der Waals surface area contributed by atoms with E-state index in [2.05, 4.69) is 4.74 Å². The van der Waals surface area contributed by atoms with Crippen molar-refractivity contribution in [3.05, 3.63) is 59.2 Å². The van der Waals surface area contributed by atoms with Crippen LogP contribution in [0.3, 0.4) is 0 Å². The summed E-state index contributed by atoms with van der Waals surface area (Å²) in [6.07, 6.45) is 2.59. The molecule has 0 saturated carbocycles. The number of carbonyl (C=O) groups is 2. The monoisotopic (exact) mass is 406 g/mol. The molecule has 0 N–H and O–H groups in total. The number of carbonyl (C=O) groups excluding carboxylic acids is 2. The Hall–Kier alpha value is -3.42. The van der Waals surface area contributed by atoms with Gasteiger partial charge in [-0.3, -0.25) is 4.79 Å². The van der Waals surface area contributed by atoms with Gasteiger partial charge in [-0.25, -0.2) is 4.79 Å². The molecule has 0 aromatic heterocycles. The lowest BCUT2D eigenvalue weighted by molar-refractivity contribution is -0.136. The van der Waals surface area contributed by atoms with Gasteiger partial charge in [-0.1, -0.05) is 11.6 Å². The fourth-order valence-corrected chi connectivity index (χ4v) is 2.44. The molecule has 0 spiro atoms. The van der Waals surface area contributed by atoms with Gasteiger partial charge in [0, 0.05) is 17.7 Å². The molecule has 2 aromatic rings. The number of halogens is 2. The summed E-state index contributed by atoms with van der Waals surface area (Å²) in [6.45, 7) is -2.00. The zero-order valence-corrected chi connectivity index (χ0v) is 16.1. The first kappa shape index (κ1) is 21.9. The number of ketones is 1. The highest BCUT2D eigenvalue weighted by Crippen LogP contribution is 2.26. The van der Waals surface area contributed by atoms with E-state index in [0.29, 0.717) is 22.6 Å². The van der Waals surface area contributed by atoms with E-state index >= 15 is 0 Å². The van der Waals surface area contributed by atoms with Gasteiger partial charge in [0.05, 0.1) is 19.8 Å². The number of Topliss-reactive ketones (excluding diaryl/α,β-unsaturated/α-hetero) is 1. The minimum absolute atomic E-state index is 0.0843. The summed E-state index contributed by atoms with van der Waals surface area (Å²) in [7, 11) is 2.99. The third-order valence-corrected chi connectivity index (χ3v) is 3.84. The first-order chi connectivity index (χ1) is 13.8. The quantitative estimate of drug-likeness (QED) is 0.355. The zero-order chi connectivity index (χ0) is 21.4. The van der Waals surface area contributed by atoms with Gasteiger partial charge in [0.25, 0.3) is 0 Å². The standard InChI is InChI=1S/C21H20F2O6/c1-13-4-8-18(29-21(22)23)16(10-13)17(24)12-28-20(25)9-6-14-5-7-15(26-2)11-19(14)27-3/h4-11,21H,12H2,1-3H3/b9-6+. The molecule has 0 bridgehead atoms. The highest BCUT2D eigenvalue weighted by molar-refractivity contribution is 6.01. The van der Waals surface area contributed by atoms with Crippen LogP contribution in [0.2, 0.25) is 0 Å². The SMILES string of the molecule is COc1ccc(/C=C/C(=O)OCC(=O)c2cc(C)ccc2OC(F)F)c(OC)c1. The Morgan fingerprint density at radius 2 is 1.79 bits per heavy atom. The van der Waals surface area contributed by atoms with Crippen molar-refractivity contribution in [3.8, 4) is 17.2 Å². The Kier molecular flexibility index (Phi) is 7.70. The van der Waals surface area contributed by atoms with E-state index in [-0.39, 0.29) is 11.3 Å². The lowest BCUT2D eigenvalue weighted by Crippen LogP contribution is -2.15. The lowest BCUT2D eigenvalue weighted by atomic mass is 10.1. The molecule has 0 heterocycles. The van der Waals surface area contributed by atoms with Crippen LogP contribution in [0.25, 0.3) is 6.08 Å². The molecular formula is C21H20F2O6. The zero-order valence-electron chi connectivity index (χ0n) is 16.1. The third kappa shape index (κ3) is 6.31. The summed E-state index contributed by atoms with van der Waals surface area (Å²) < 4.78 is 44.6. The van der Waals surface area contributed by atoms with Crippen molar-refractivity contribution in [2.75, 3.05) is 20.8 Å². The molecule has 0 aliphatic rings. The normalized spacial score (nSPS) is 10.8. The number of alkyl halides is 2. The number of ether oxygens (including phenoxy) is 4. The molecule has 6 nitrogen and oxygen atoms in total. The minimum Gasteiger partial charge on any atom is -0.497 e. The second kappa shape index (κ2) is 10.2.